The van der Waals surface area contributed by atoms with Gasteiger partial charge >= 0.3 is 0 Å². The Labute approximate surface area is 349 Å². The van der Waals surface area contributed by atoms with Gasteiger partial charge in [-0.3, -0.25) is 0 Å². The average molecular weight is 884 g/mol. The quantitative estimate of drug-likeness (QED) is 0.178. The van der Waals surface area contributed by atoms with Crippen molar-refractivity contribution < 1.29 is 0 Å². The Hall–Kier alpha value is 0.840. The van der Waals surface area contributed by atoms with E-state index in [1.165, 1.54) is 101 Å². The molecule has 0 aliphatic carbocycles. The van der Waals surface area contributed by atoms with Crippen LogP contribution in [0.3, 0.4) is 0 Å². The molecule has 5 aliphatic rings. The summed E-state index contributed by atoms with van der Waals surface area (Å²) in [5, 5.41) is 20.2. The van der Waals surface area contributed by atoms with E-state index in [4.69, 9.17) is 0 Å². The number of thioether (sulfide) groups is 12. The number of benzene rings is 1. The van der Waals surface area contributed by atoms with Crippen molar-refractivity contribution in [3.05, 3.63) is 77.1 Å². The summed E-state index contributed by atoms with van der Waals surface area (Å²) in [6.45, 7) is 9.37. The van der Waals surface area contributed by atoms with Crippen molar-refractivity contribution in [2.24, 2.45) is 11.8 Å². The van der Waals surface area contributed by atoms with Crippen LogP contribution in [-0.2, 0) is 0 Å². The molecule has 0 radical (unpaired) electrons. The zero-order chi connectivity index (χ0) is 35.0. The van der Waals surface area contributed by atoms with E-state index in [9.17, 15) is 10.5 Å². The lowest BCUT2D eigenvalue weighted by Crippen LogP contribution is -2.10. The van der Waals surface area contributed by atoms with E-state index in [0.717, 1.165) is 17.1 Å². The molecule has 2 atom stereocenters. The van der Waals surface area contributed by atoms with Crippen LogP contribution in [0.4, 0.5) is 0 Å². The lowest BCUT2D eigenvalue weighted by molar-refractivity contribution is 0.500. The van der Waals surface area contributed by atoms with Gasteiger partial charge in [-0.2, -0.15) is 10.5 Å². The van der Waals surface area contributed by atoms with E-state index < -0.39 is 0 Å². The van der Waals surface area contributed by atoms with Crippen molar-refractivity contribution in [1.29, 1.82) is 10.5 Å². The van der Waals surface area contributed by atoms with Gasteiger partial charge in [-0.15, -0.1) is 23.5 Å². The van der Waals surface area contributed by atoms with Crippen LogP contribution in [0, 0.1) is 34.5 Å². The first-order valence-electron chi connectivity index (χ1n) is 16.9. The smallest absolute Gasteiger partial charge is 0.136 e. The Bertz CT molecular complexity index is 1740. The van der Waals surface area contributed by atoms with Gasteiger partial charge < -0.3 is 0 Å². The van der Waals surface area contributed by atoms with Crippen molar-refractivity contribution >= 4 is 151 Å². The van der Waals surface area contributed by atoms with E-state index in [1.807, 2.05) is 130 Å². The molecular formula is C36H38N2S12. The fourth-order valence-electron chi connectivity index (χ4n) is 5.18. The Morgan fingerprint density at radius 2 is 0.900 bits per heavy atom. The van der Waals surface area contributed by atoms with Crippen molar-refractivity contribution in [2.45, 2.75) is 79.1 Å². The van der Waals surface area contributed by atoms with Crippen molar-refractivity contribution in [3.8, 4) is 12.1 Å². The number of nitriles is 2. The maximum absolute atomic E-state index is 9.18. The topological polar surface area (TPSA) is 47.6 Å². The number of rotatable bonds is 14. The molecule has 50 heavy (non-hydrogen) atoms. The predicted octanol–water partition coefficient (Wildman–Crippen LogP) is 14.9. The van der Waals surface area contributed by atoms with Crippen LogP contribution in [0.5, 0.6) is 0 Å². The zero-order valence-corrected chi connectivity index (χ0v) is 38.1. The summed E-state index contributed by atoms with van der Waals surface area (Å²) < 4.78 is 15.9. The van der Waals surface area contributed by atoms with Gasteiger partial charge in [0.1, 0.15) is 17.7 Å². The Kier molecular flexibility index (Phi) is 16.3. The van der Waals surface area contributed by atoms with Crippen LogP contribution < -0.4 is 10.4 Å². The minimum atomic E-state index is 0.157. The zero-order valence-electron chi connectivity index (χ0n) is 28.3. The van der Waals surface area contributed by atoms with Crippen molar-refractivity contribution in [3.63, 3.8) is 0 Å². The monoisotopic (exact) mass is 882 g/mol. The molecule has 0 aromatic heterocycles. The molecule has 0 N–H and O–H groups in total. The van der Waals surface area contributed by atoms with Gasteiger partial charge in [0.25, 0.3) is 0 Å². The summed E-state index contributed by atoms with van der Waals surface area (Å²) in [7, 11) is 0. The highest BCUT2D eigenvalue weighted by Crippen LogP contribution is 2.75. The molecule has 1 aromatic carbocycles. The van der Waals surface area contributed by atoms with Gasteiger partial charge in [-0.25, -0.2) is 0 Å². The summed E-state index contributed by atoms with van der Waals surface area (Å²) in [6.07, 6.45) is 10.6. The summed E-state index contributed by atoms with van der Waals surface area (Å²) in [5.41, 5.74) is 0.157. The van der Waals surface area contributed by atoms with E-state index in [2.05, 4.69) is 74.7 Å². The second kappa shape index (κ2) is 20.1. The van der Waals surface area contributed by atoms with Crippen LogP contribution in [0.1, 0.15) is 79.1 Å². The lowest BCUT2D eigenvalue weighted by atomic mass is 10.0. The highest BCUT2D eigenvalue weighted by atomic mass is 32.3. The molecule has 0 saturated heterocycles. The van der Waals surface area contributed by atoms with Crippen LogP contribution >= 0.6 is 141 Å². The number of unbranched alkanes of at least 4 members (excludes halogenated alkanes) is 2. The van der Waals surface area contributed by atoms with Gasteiger partial charge in [0.05, 0.1) is 46.6 Å². The largest absolute Gasteiger partial charge is 0.192 e. The van der Waals surface area contributed by atoms with Gasteiger partial charge in [-0.05, 0) is 29.9 Å². The predicted molar refractivity (Wildman–Crippen MR) is 246 cm³/mol. The minimum Gasteiger partial charge on any atom is -0.192 e. The maximum Gasteiger partial charge on any atom is 0.136 e. The number of hydrogen-bond donors (Lipinski definition) is 0. The molecule has 0 amide bonds. The van der Waals surface area contributed by atoms with Gasteiger partial charge in [0.15, 0.2) is 0 Å². The minimum absolute atomic E-state index is 0.157. The molecule has 14 heteroatoms. The number of nitrogens with zero attached hydrogens (tertiary/aromatic N) is 2. The Balaban J connectivity index is 1.07. The van der Waals surface area contributed by atoms with E-state index >= 15 is 0 Å². The van der Waals surface area contributed by atoms with E-state index in [-0.39, 0.29) is 5.57 Å². The highest BCUT2D eigenvalue weighted by Gasteiger charge is 2.39. The highest BCUT2D eigenvalue weighted by molar-refractivity contribution is 8.54. The van der Waals surface area contributed by atoms with Crippen molar-refractivity contribution in [1.82, 2.24) is 0 Å². The first kappa shape index (κ1) is 40.5. The summed E-state index contributed by atoms with van der Waals surface area (Å²) in [6, 6.07) is 11.8. The molecule has 0 fully saturated rings. The standard InChI is InChI=1S/C36H38N2S12/c1-5-9-11-21(7-3)19-39-27-28(40-20-22(8-4)12-10-6-2)44-31(43-27)32-47-35-36(48-32)50-34(49-35)33-45-29-30(46-33)42-26(41-29)24-15-13-23(14-16-24)25(17-37)18-38/h13-16,21-22H,5-12,19-20H2,1-4H3. The van der Waals surface area contributed by atoms with Gasteiger partial charge in [0, 0.05) is 16.7 Å². The van der Waals surface area contributed by atoms with Crippen molar-refractivity contribution in [2.75, 3.05) is 11.5 Å². The third-order valence-electron chi connectivity index (χ3n) is 8.31. The molecule has 0 spiro atoms. The third-order valence-corrected chi connectivity index (χ3v) is 26.7. The molecule has 0 saturated carbocycles. The first-order chi connectivity index (χ1) is 24.5. The summed E-state index contributed by atoms with van der Waals surface area (Å²) >= 11 is 23.9. The molecule has 6 rings (SSSR count). The van der Waals surface area contributed by atoms with E-state index in [0.29, 0.717) is 5.22 Å². The Morgan fingerprint density at radius 3 is 1.24 bits per heavy atom. The van der Waals surface area contributed by atoms with E-state index in [1.54, 1.807) is 8.47 Å². The lowest BCUT2D eigenvalue weighted by Gasteiger charge is -2.16. The fourth-order valence-corrected chi connectivity index (χ4v) is 24.9. The molecular weight excluding hydrogens is 845 g/mol. The first-order valence-corrected chi connectivity index (χ1v) is 27.0. The molecule has 1 aromatic rings. The second-order valence-electron chi connectivity index (χ2n) is 11.8. The molecule has 5 aliphatic heterocycles. The van der Waals surface area contributed by atoms with Crippen LogP contribution in [0.2, 0.25) is 0 Å². The van der Waals surface area contributed by atoms with Gasteiger partial charge in [0.2, 0.25) is 0 Å². The molecule has 2 nitrogen and oxygen atoms in total. The van der Waals surface area contributed by atoms with Crippen LogP contribution in [-0.4, -0.2) is 11.5 Å². The molecule has 2 unspecified atom stereocenters. The normalized spacial score (nSPS) is 19.9. The van der Waals surface area contributed by atoms with Gasteiger partial charge in [-0.1, -0.05) is 208 Å². The maximum atomic E-state index is 9.18. The summed E-state index contributed by atoms with van der Waals surface area (Å²) in [4.78, 5) is 0. The molecule has 264 valence electrons. The average Bonchev–Trinajstić information content (AvgIpc) is 3.95. The SMILES string of the molecule is CCCCC(CC)CSC1=C(SCC(CC)CCCC)SC(=C2SC3=C(S2)SC(=C2SC4=C(S2)SC(=c2ccc(=C(C#N)C#N)cc2)S4)S3)S1. The van der Waals surface area contributed by atoms with Crippen LogP contribution in [0.15, 0.2) is 66.6 Å². The summed E-state index contributed by atoms with van der Waals surface area (Å²) in [5.74, 6) is 4.13. The molecule has 0 bridgehead atoms. The third kappa shape index (κ3) is 10.2. The number of hydrogen-bond acceptors (Lipinski definition) is 14. The van der Waals surface area contributed by atoms with Crippen LogP contribution in [0.25, 0.3) is 9.81 Å². The fraction of sp³-hybridized carbons (Fsp3) is 0.444. The molecule has 5 heterocycles. The second-order valence-corrected chi connectivity index (χ2v) is 26.9. The Morgan fingerprint density at radius 1 is 0.540 bits per heavy atom.